The molecule has 2 aromatic heterocycles. The lowest BCUT2D eigenvalue weighted by atomic mass is 9.97. The van der Waals surface area contributed by atoms with Crippen LogP contribution in [0.4, 0.5) is 5.82 Å². The van der Waals surface area contributed by atoms with Gasteiger partial charge >= 0.3 is 7.82 Å². The van der Waals surface area contributed by atoms with E-state index in [2.05, 4.69) is 17.0 Å². The standard InChI is InChI=1S/C38H61N4O9P/c1-3-4-5-6-7-8-9-10-11-12-13-14-15-19-24-48-31(26-47-25-30-20-17-16-18-21-30)27-49-52(45,46)50-28-38(2)36(44)34(43)35(51-38)32-22-23-33-37(39)40-29-41-42(32)33/h16-18,20-23,29,31,34-36,43-44H,3-15,19,24-28H2,1-2H3,(H,45,46)(H2,39,40,41)/t31-,34+,35+,36+,38-/m1/s1. The van der Waals surface area contributed by atoms with Gasteiger partial charge in [0, 0.05) is 6.61 Å². The minimum atomic E-state index is -4.63. The number of ether oxygens (including phenoxy) is 3. The third-order valence-corrected chi connectivity index (χ3v) is 10.6. The van der Waals surface area contributed by atoms with Crippen LogP contribution in [0.25, 0.3) is 5.52 Å². The third kappa shape index (κ3) is 13.4. The first-order chi connectivity index (χ1) is 25.1. The Kier molecular flexibility index (Phi) is 17.9. The van der Waals surface area contributed by atoms with Gasteiger partial charge in [0.15, 0.2) is 5.82 Å². The van der Waals surface area contributed by atoms with Crippen LogP contribution in [-0.2, 0) is 34.4 Å². The highest BCUT2D eigenvalue weighted by atomic mass is 31.2. The van der Waals surface area contributed by atoms with Crippen molar-refractivity contribution in [2.45, 2.75) is 140 Å². The van der Waals surface area contributed by atoms with Crippen molar-refractivity contribution in [2.75, 3.05) is 32.2 Å². The molecule has 6 atom stereocenters. The van der Waals surface area contributed by atoms with E-state index in [1.54, 1.807) is 12.1 Å². The fraction of sp³-hybridized carbons (Fsp3) is 0.684. The zero-order chi connectivity index (χ0) is 37.2. The number of phosphoric acid groups is 1. The maximum absolute atomic E-state index is 13.0. The van der Waals surface area contributed by atoms with Crippen LogP contribution in [0.1, 0.15) is 121 Å². The zero-order valence-corrected chi connectivity index (χ0v) is 31.9. The van der Waals surface area contributed by atoms with Crippen LogP contribution in [0.5, 0.6) is 0 Å². The van der Waals surface area contributed by atoms with Gasteiger partial charge in [0.1, 0.15) is 41.9 Å². The molecule has 13 nitrogen and oxygen atoms in total. The van der Waals surface area contributed by atoms with Gasteiger partial charge in [-0.25, -0.2) is 14.1 Å². The average Bonchev–Trinajstić information content (AvgIpc) is 3.67. The molecule has 1 fully saturated rings. The number of fused-ring (bicyclic) bond motifs is 1. The number of aliphatic hydroxyl groups excluding tert-OH is 2. The summed E-state index contributed by atoms with van der Waals surface area (Å²) in [6, 6.07) is 13.1. The van der Waals surface area contributed by atoms with E-state index in [1.165, 1.54) is 88.4 Å². The van der Waals surface area contributed by atoms with Crippen molar-refractivity contribution in [2.24, 2.45) is 0 Å². The Bertz CT molecular complexity index is 1480. The molecule has 0 bridgehead atoms. The number of aromatic nitrogens is 3. The largest absolute Gasteiger partial charge is 0.472 e. The van der Waals surface area contributed by atoms with Crippen LogP contribution in [0.2, 0.25) is 0 Å². The number of anilines is 1. The summed E-state index contributed by atoms with van der Waals surface area (Å²) in [7, 11) is -4.63. The third-order valence-electron chi connectivity index (χ3n) is 9.66. The topological polar surface area (TPSA) is 180 Å². The highest BCUT2D eigenvalue weighted by Gasteiger charge is 2.53. The van der Waals surface area contributed by atoms with Crippen molar-refractivity contribution in [1.29, 1.82) is 0 Å². The molecular formula is C38H61N4O9P. The highest BCUT2D eigenvalue weighted by Crippen LogP contribution is 2.47. The Morgan fingerprint density at radius 1 is 0.904 bits per heavy atom. The van der Waals surface area contributed by atoms with E-state index in [0.717, 1.165) is 24.8 Å². The minimum Gasteiger partial charge on any atom is -0.387 e. The number of phosphoric ester groups is 1. The quantitative estimate of drug-likeness (QED) is 0.0460. The zero-order valence-electron chi connectivity index (χ0n) is 31.0. The molecule has 1 saturated heterocycles. The van der Waals surface area contributed by atoms with Gasteiger partial charge < -0.3 is 35.1 Å². The number of nitrogens with two attached hydrogens (primary N) is 1. The van der Waals surface area contributed by atoms with Crippen molar-refractivity contribution >= 4 is 19.2 Å². The average molecular weight is 749 g/mol. The van der Waals surface area contributed by atoms with Crippen LogP contribution in [0, 0.1) is 0 Å². The van der Waals surface area contributed by atoms with E-state index in [1.807, 2.05) is 30.3 Å². The van der Waals surface area contributed by atoms with Gasteiger partial charge in [0.2, 0.25) is 0 Å². The van der Waals surface area contributed by atoms with Gasteiger partial charge in [0.05, 0.1) is 32.1 Å². The molecule has 4 rings (SSSR count). The summed E-state index contributed by atoms with van der Waals surface area (Å²) in [6.45, 7) is 3.94. The summed E-state index contributed by atoms with van der Waals surface area (Å²) in [5.74, 6) is 0.242. The lowest BCUT2D eigenvalue weighted by molar-refractivity contribution is -0.101. The molecule has 0 amide bonds. The highest BCUT2D eigenvalue weighted by molar-refractivity contribution is 7.47. The predicted octanol–water partition coefficient (Wildman–Crippen LogP) is 7.08. The lowest BCUT2D eigenvalue weighted by Crippen LogP contribution is -2.44. The van der Waals surface area contributed by atoms with E-state index in [4.69, 9.17) is 29.0 Å². The molecule has 3 aromatic rings. The number of hydrogen-bond donors (Lipinski definition) is 4. The fourth-order valence-electron chi connectivity index (χ4n) is 6.50. The monoisotopic (exact) mass is 748 g/mol. The number of nitrogen functional groups attached to an aromatic ring is 1. The van der Waals surface area contributed by atoms with Crippen molar-refractivity contribution in [3.8, 4) is 0 Å². The maximum atomic E-state index is 13.0. The van der Waals surface area contributed by atoms with Crippen LogP contribution >= 0.6 is 7.82 Å². The maximum Gasteiger partial charge on any atom is 0.472 e. The molecule has 14 heteroatoms. The smallest absolute Gasteiger partial charge is 0.387 e. The molecule has 1 aliphatic heterocycles. The normalized spacial score (nSPS) is 22.2. The molecule has 292 valence electrons. The van der Waals surface area contributed by atoms with Crippen LogP contribution in [0.3, 0.4) is 0 Å². The molecule has 1 aromatic carbocycles. The fourth-order valence-corrected chi connectivity index (χ4v) is 7.35. The number of benzene rings is 1. The molecule has 5 N–H and O–H groups in total. The van der Waals surface area contributed by atoms with Crippen molar-refractivity contribution < 1.29 is 42.9 Å². The number of unbranched alkanes of at least 4 members (excludes halogenated alkanes) is 13. The molecule has 3 heterocycles. The molecule has 1 aliphatic rings. The van der Waals surface area contributed by atoms with E-state index in [-0.39, 0.29) is 19.0 Å². The SMILES string of the molecule is CCCCCCCCCCCCCCCCO[C@H](COCc1ccccc1)COP(=O)(O)OC[C@@]1(C)O[C@@H](c2ccc3c(N)ncnn23)[C@H](O)[C@@H]1O. The van der Waals surface area contributed by atoms with Gasteiger partial charge in [-0.05, 0) is 31.0 Å². The Balaban J connectivity index is 1.18. The Labute approximate surface area is 308 Å². The summed E-state index contributed by atoms with van der Waals surface area (Å²) >= 11 is 0. The van der Waals surface area contributed by atoms with Crippen LogP contribution < -0.4 is 5.73 Å². The van der Waals surface area contributed by atoms with Crippen molar-refractivity contribution in [3.05, 3.63) is 60.0 Å². The number of rotatable bonds is 27. The molecule has 52 heavy (non-hydrogen) atoms. The molecule has 0 aliphatic carbocycles. The second-order valence-corrected chi connectivity index (χ2v) is 15.6. The van der Waals surface area contributed by atoms with Gasteiger partial charge in [-0.1, -0.05) is 121 Å². The second kappa shape index (κ2) is 22.1. The van der Waals surface area contributed by atoms with Gasteiger partial charge in [0.25, 0.3) is 0 Å². The molecule has 0 spiro atoms. The first-order valence-corrected chi connectivity index (χ1v) is 20.6. The summed E-state index contributed by atoms with van der Waals surface area (Å²) in [4.78, 5) is 14.6. The van der Waals surface area contributed by atoms with Crippen LogP contribution in [0.15, 0.2) is 48.8 Å². The summed E-state index contributed by atoms with van der Waals surface area (Å²) < 4.78 is 43.1. The summed E-state index contributed by atoms with van der Waals surface area (Å²) in [6.07, 6.45) is 14.5. The minimum absolute atomic E-state index is 0.153. The van der Waals surface area contributed by atoms with E-state index < -0.39 is 44.4 Å². The molecule has 1 unspecified atom stereocenters. The number of hydrogen-bond acceptors (Lipinski definition) is 11. The van der Waals surface area contributed by atoms with E-state index in [9.17, 15) is 19.7 Å². The molecule has 0 saturated carbocycles. The Hall–Kier alpha value is -2.45. The molecular weight excluding hydrogens is 687 g/mol. The van der Waals surface area contributed by atoms with Crippen molar-refractivity contribution in [1.82, 2.24) is 14.6 Å². The Morgan fingerprint density at radius 2 is 1.54 bits per heavy atom. The second-order valence-electron chi connectivity index (χ2n) is 14.1. The summed E-state index contributed by atoms with van der Waals surface area (Å²) in [5.41, 5.74) is 6.32. The van der Waals surface area contributed by atoms with Crippen molar-refractivity contribution in [3.63, 3.8) is 0 Å². The Morgan fingerprint density at radius 3 is 2.19 bits per heavy atom. The van der Waals surface area contributed by atoms with Gasteiger partial charge in [-0.15, -0.1) is 0 Å². The number of nitrogens with zero attached hydrogens (tertiary/aromatic N) is 3. The van der Waals surface area contributed by atoms with Crippen LogP contribution in [-0.4, -0.2) is 80.0 Å². The van der Waals surface area contributed by atoms with E-state index >= 15 is 0 Å². The molecule has 0 radical (unpaired) electrons. The first-order valence-electron chi connectivity index (χ1n) is 19.1. The van der Waals surface area contributed by atoms with E-state index in [0.29, 0.717) is 24.4 Å². The lowest BCUT2D eigenvalue weighted by Gasteiger charge is -2.28. The van der Waals surface area contributed by atoms with Gasteiger partial charge in [-0.2, -0.15) is 5.10 Å². The first kappa shape index (κ1) is 42.3. The number of aliphatic hydroxyl groups is 2. The van der Waals surface area contributed by atoms with Gasteiger partial charge in [-0.3, -0.25) is 9.05 Å². The predicted molar refractivity (Wildman–Crippen MR) is 200 cm³/mol. The summed E-state index contributed by atoms with van der Waals surface area (Å²) in [5, 5.41) is 26.0.